The molecule has 0 aliphatic carbocycles. The molecule has 0 saturated carbocycles. The van der Waals surface area contributed by atoms with Crippen molar-refractivity contribution in [3.05, 3.63) is 18.2 Å². The van der Waals surface area contributed by atoms with Gasteiger partial charge >= 0.3 is 5.97 Å². The van der Waals surface area contributed by atoms with E-state index in [1.807, 2.05) is 17.8 Å². The van der Waals surface area contributed by atoms with E-state index in [0.29, 0.717) is 13.2 Å². The molecule has 0 amide bonds. The molecule has 0 aliphatic rings. The maximum Gasteiger partial charge on any atom is 0.318 e. The molecular weight excluding hydrogens is 220 g/mol. The molecule has 96 valence electrons. The monoisotopic (exact) mass is 241 g/mol. The van der Waals surface area contributed by atoms with Crippen LogP contribution in [0.15, 0.2) is 12.4 Å². The third-order valence-corrected chi connectivity index (χ3v) is 2.42. The molecule has 1 aromatic heterocycles. The molecule has 1 rings (SSSR count). The fourth-order valence-corrected chi connectivity index (χ4v) is 1.36. The Kier molecular flexibility index (Phi) is 6.32. The standard InChI is InChI=1S/C12H20N2O3/c1-3-4-7-16-8-9-17-12(15)10-11-13-5-6-14(11)2/h5-6H,3-4,7-10H2,1-2H3/p+1. The summed E-state index contributed by atoms with van der Waals surface area (Å²) in [5, 5.41) is 0. The Bertz CT molecular complexity index is 336. The van der Waals surface area contributed by atoms with E-state index in [-0.39, 0.29) is 12.4 Å². The van der Waals surface area contributed by atoms with E-state index < -0.39 is 0 Å². The van der Waals surface area contributed by atoms with Crippen molar-refractivity contribution in [1.82, 2.24) is 4.98 Å². The number of imidazole rings is 1. The predicted octanol–water partition coefficient (Wildman–Crippen LogP) is 0.742. The summed E-state index contributed by atoms with van der Waals surface area (Å²) in [6, 6.07) is 0. The van der Waals surface area contributed by atoms with Crippen LogP contribution in [0.1, 0.15) is 25.6 Å². The highest BCUT2D eigenvalue weighted by molar-refractivity contribution is 5.71. The summed E-state index contributed by atoms with van der Waals surface area (Å²) in [7, 11) is 1.88. The Morgan fingerprint density at radius 3 is 2.88 bits per heavy atom. The van der Waals surface area contributed by atoms with Crippen LogP contribution in [0.2, 0.25) is 0 Å². The van der Waals surface area contributed by atoms with E-state index in [2.05, 4.69) is 11.9 Å². The highest BCUT2D eigenvalue weighted by atomic mass is 16.6. The second-order valence-corrected chi connectivity index (χ2v) is 3.88. The van der Waals surface area contributed by atoms with Crippen molar-refractivity contribution in [3.8, 4) is 0 Å². The molecule has 1 N–H and O–H groups in total. The molecule has 0 spiro atoms. The first-order chi connectivity index (χ1) is 8.24. The number of carbonyl (C=O) groups excluding carboxylic acids is 1. The van der Waals surface area contributed by atoms with Gasteiger partial charge in [0.25, 0.3) is 5.82 Å². The normalized spacial score (nSPS) is 10.5. The summed E-state index contributed by atoms with van der Waals surface area (Å²) in [4.78, 5) is 14.4. The van der Waals surface area contributed by atoms with Gasteiger partial charge in [-0.3, -0.25) is 4.79 Å². The summed E-state index contributed by atoms with van der Waals surface area (Å²) in [6.07, 6.45) is 6.07. The van der Waals surface area contributed by atoms with Crippen molar-refractivity contribution in [2.75, 3.05) is 19.8 Å². The summed E-state index contributed by atoms with van der Waals surface area (Å²) < 4.78 is 12.2. The van der Waals surface area contributed by atoms with Gasteiger partial charge in [-0.1, -0.05) is 13.3 Å². The highest BCUT2D eigenvalue weighted by Gasteiger charge is 2.13. The summed E-state index contributed by atoms with van der Waals surface area (Å²) in [5.74, 6) is 0.601. The second kappa shape index (κ2) is 7.84. The van der Waals surface area contributed by atoms with Crippen molar-refractivity contribution in [3.63, 3.8) is 0 Å². The Labute approximate surface area is 102 Å². The molecule has 17 heavy (non-hydrogen) atoms. The first-order valence-electron chi connectivity index (χ1n) is 5.99. The fourth-order valence-electron chi connectivity index (χ4n) is 1.36. The van der Waals surface area contributed by atoms with Gasteiger partial charge in [0.2, 0.25) is 0 Å². The Hall–Kier alpha value is -1.36. The number of aromatic nitrogens is 2. The maximum atomic E-state index is 11.4. The van der Waals surface area contributed by atoms with Gasteiger partial charge in [-0.05, 0) is 6.42 Å². The van der Waals surface area contributed by atoms with Crippen molar-refractivity contribution >= 4 is 5.97 Å². The van der Waals surface area contributed by atoms with Gasteiger partial charge in [-0.2, -0.15) is 0 Å². The first-order valence-corrected chi connectivity index (χ1v) is 5.99. The third kappa shape index (κ3) is 5.49. The van der Waals surface area contributed by atoms with Gasteiger partial charge < -0.3 is 9.47 Å². The number of nitrogens with one attached hydrogen (secondary N) is 1. The van der Waals surface area contributed by atoms with Crippen LogP contribution in [-0.2, 0) is 27.7 Å². The molecule has 5 heteroatoms. The van der Waals surface area contributed by atoms with Gasteiger partial charge in [0.05, 0.1) is 13.7 Å². The topological polar surface area (TPSA) is 55.2 Å². The number of carbonyl (C=O) groups is 1. The lowest BCUT2D eigenvalue weighted by atomic mass is 10.4. The number of rotatable bonds is 8. The van der Waals surface area contributed by atoms with Crippen molar-refractivity contribution in [2.24, 2.45) is 7.05 Å². The van der Waals surface area contributed by atoms with Gasteiger partial charge in [-0.25, -0.2) is 9.55 Å². The van der Waals surface area contributed by atoms with Crippen molar-refractivity contribution in [2.45, 2.75) is 26.2 Å². The third-order valence-electron chi connectivity index (χ3n) is 2.42. The molecule has 1 aromatic rings. The lowest BCUT2D eigenvalue weighted by molar-refractivity contribution is -0.677. The molecule has 0 bridgehead atoms. The number of hydrogen-bond donors (Lipinski definition) is 1. The molecular formula is C12H21N2O3+. The average Bonchev–Trinajstić information content (AvgIpc) is 2.69. The number of esters is 1. The largest absolute Gasteiger partial charge is 0.463 e. The van der Waals surface area contributed by atoms with Gasteiger partial charge in [-0.15, -0.1) is 0 Å². The van der Waals surface area contributed by atoms with Crippen LogP contribution in [0.25, 0.3) is 0 Å². The lowest BCUT2D eigenvalue weighted by Gasteiger charge is -2.04. The Morgan fingerprint density at radius 1 is 1.41 bits per heavy atom. The zero-order valence-electron chi connectivity index (χ0n) is 10.6. The number of aryl methyl sites for hydroxylation is 1. The van der Waals surface area contributed by atoms with Crippen molar-refractivity contribution < 1.29 is 18.8 Å². The van der Waals surface area contributed by atoms with E-state index in [4.69, 9.17) is 9.47 Å². The molecule has 1 heterocycles. The van der Waals surface area contributed by atoms with Crippen LogP contribution in [0.4, 0.5) is 0 Å². The summed E-state index contributed by atoms with van der Waals surface area (Å²) >= 11 is 0. The number of hydrogen-bond acceptors (Lipinski definition) is 3. The van der Waals surface area contributed by atoms with Crippen LogP contribution in [0, 0.1) is 0 Å². The Balaban J connectivity index is 2.08. The maximum absolute atomic E-state index is 11.4. The molecule has 0 atom stereocenters. The van der Waals surface area contributed by atoms with E-state index in [9.17, 15) is 4.79 Å². The van der Waals surface area contributed by atoms with E-state index in [1.165, 1.54) is 0 Å². The van der Waals surface area contributed by atoms with Gasteiger partial charge in [0.1, 0.15) is 25.4 Å². The van der Waals surface area contributed by atoms with Crippen LogP contribution in [0.3, 0.4) is 0 Å². The molecule has 0 radical (unpaired) electrons. The zero-order chi connectivity index (χ0) is 12.5. The van der Waals surface area contributed by atoms with E-state index in [0.717, 1.165) is 25.3 Å². The number of aromatic amines is 1. The smallest absolute Gasteiger partial charge is 0.318 e. The highest BCUT2D eigenvalue weighted by Crippen LogP contribution is 1.92. The van der Waals surface area contributed by atoms with Gasteiger partial charge in [0, 0.05) is 6.61 Å². The molecule has 0 aromatic carbocycles. The van der Waals surface area contributed by atoms with Crippen molar-refractivity contribution in [1.29, 1.82) is 0 Å². The fraction of sp³-hybridized carbons (Fsp3) is 0.667. The van der Waals surface area contributed by atoms with E-state index >= 15 is 0 Å². The molecule has 0 unspecified atom stereocenters. The van der Waals surface area contributed by atoms with Crippen LogP contribution < -0.4 is 4.57 Å². The number of H-pyrrole nitrogens is 1. The number of nitrogens with zero attached hydrogens (tertiary/aromatic N) is 1. The second-order valence-electron chi connectivity index (χ2n) is 3.88. The minimum absolute atomic E-state index is 0.234. The zero-order valence-corrected chi connectivity index (χ0v) is 10.6. The minimum atomic E-state index is -0.234. The first kappa shape index (κ1) is 13.7. The average molecular weight is 241 g/mol. The molecule has 0 aliphatic heterocycles. The number of ether oxygens (including phenoxy) is 2. The Morgan fingerprint density at radius 2 is 2.24 bits per heavy atom. The molecule has 5 nitrogen and oxygen atoms in total. The van der Waals surface area contributed by atoms with Gasteiger partial charge in [0.15, 0.2) is 0 Å². The van der Waals surface area contributed by atoms with E-state index in [1.54, 1.807) is 6.20 Å². The minimum Gasteiger partial charge on any atom is -0.463 e. The SMILES string of the molecule is CCCCOCCOC(=O)Cc1[nH]cc[n+]1C. The van der Waals surface area contributed by atoms with Crippen LogP contribution in [0.5, 0.6) is 0 Å². The lowest BCUT2D eigenvalue weighted by Crippen LogP contribution is -2.32. The number of unbranched alkanes of at least 4 members (excludes halogenated alkanes) is 1. The summed E-state index contributed by atoms with van der Waals surface area (Å²) in [6.45, 7) is 3.65. The van der Waals surface area contributed by atoms with Crippen LogP contribution >= 0.6 is 0 Å². The molecule has 0 saturated heterocycles. The van der Waals surface area contributed by atoms with Crippen LogP contribution in [-0.4, -0.2) is 30.8 Å². The quantitative estimate of drug-likeness (QED) is 0.415. The molecule has 0 fully saturated rings. The predicted molar refractivity (Wildman–Crippen MR) is 62.4 cm³/mol. The summed E-state index contributed by atoms with van der Waals surface area (Å²) in [5.41, 5.74) is 0.